The molecule has 1 amide bonds. The zero-order valence-corrected chi connectivity index (χ0v) is 11.1. The number of carbonyl (C=O) groups is 1. The number of nitrogens with two attached hydrogens (primary N) is 1. The standard InChI is InChI=1S/C13H16ClN3O/c1-9-10(16-12(15)8-14)4-2-5-11(9)17-7-3-6-13(17)18/h2,4-5H,3,6-8H2,1H3,(H2,15,16). The smallest absolute Gasteiger partial charge is 0.227 e. The van der Waals surface area contributed by atoms with E-state index in [0.29, 0.717) is 12.3 Å². The van der Waals surface area contributed by atoms with Crippen molar-refractivity contribution in [2.45, 2.75) is 19.8 Å². The highest BCUT2D eigenvalue weighted by Gasteiger charge is 2.23. The first-order valence-corrected chi connectivity index (χ1v) is 6.46. The first-order valence-electron chi connectivity index (χ1n) is 5.92. The third-order valence-electron chi connectivity index (χ3n) is 3.04. The Labute approximate surface area is 111 Å². The number of nitrogens with zero attached hydrogens (tertiary/aromatic N) is 2. The van der Waals surface area contributed by atoms with E-state index in [1.807, 2.05) is 30.0 Å². The van der Waals surface area contributed by atoms with Gasteiger partial charge in [-0.3, -0.25) is 4.79 Å². The number of rotatable bonds is 3. The number of hydrogen-bond donors (Lipinski definition) is 1. The predicted octanol–water partition coefficient (Wildman–Crippen LogP) is 2.35. The van der Waals surface area contributed by atoms with Gasteiger partial charge in [-0.2, -0.15) is 0 Å². The van der Waals surface area contributed by atoms with Crippen molar-refractivity contribution in [3.05, 3.63) is 23.8 Å². The topological polar surface area (TPSA) is 58.7 Å². The summed E-state index contributed by atoms with van der Waals surface area (Å²) in [6.45, 7) is 2.72. The zero-order chi connectivity index (χ0) is 13.1. The Morgan fingerprint density at radius 3 is 2.94 bits per heavy atom. The number of alkyl halides is 1. The number of amides is 1. The molecule has 0 saturated carbocycles. The number of aliphatic imine (C=N–C) groups is 1. The SMILES string of the molecule is Cc1c(N=C(N)CCl)cccc1N1CCCC1=O. The number of benzene rings is 1. The number of halogens is 1. The lowest BCUT2D eigenvalue weighted by Crippen LogP contribution is -2.24. The molecule has 1 fully saturated rings. The van der Waals surface area contributed by atoms with Crippen LogP contribution in [-0.4, -0.2) is 24.2 Å². The first-order chi connectivity index (χ1) is 8.63. The largest absolute Gasteiger partial charge is 0.386 e. The molecule has 1 heterocycles. The Morgan fingerprint density at radius 1 is 1.56 bits per heavy atom. The first kappa shape index (κ1) is 12.9. The predicted molar refractivity (Wildman–Crippen MR) is 74.8 cm³/mol. The Bertz CT molecular complexity index is 499. The zero-order valence-electron chi connectivity index (χ0n) is 10.3. The molecular formula is C13H16ClN3O. The van der Waals surface area contributed by atoms with E-state index in [-0.39, 0.29) is 11.8 Å². The van der Waals surface area contributed by atoms with Crippen LogP contribution in [0.2, 0.25) is 0 Å². The molecule has 0 unspecified atom stereocenters. The minimum absolute atomic E-state index is 0.171. The maximum atomic E-state index is 11.8. The van der Waals surface area contributed by atoms with Crippen LogP contribution in [0.5, 0.6) is 0 Å². The van der Waals surface area contributed by atoms with Crippen LogP contribution >= 0.6 is 11.6 Å². The second-order valence-electron chi connectivity index (χ2n) is 4.31. The second kappa shape index (κ2) is 5.40. The van der Waals surface area contributed by atoms with Crippen LogP contribution in [0.4, 0.5) is 11.4 Å². The summed E-state index contributed by atoms with van der Waals surface area (Å²) in [5.74, 6) is 0.751. The maximum Gasteiger partial charge on any atom is 0.227 e. The fourth-order valence-corrected chi connectivity index (χ4v) is 2.17. The van der Waals surface area contributed by atoms with Gasteiger partial charge in [0.05, 0.1) is 11.6 Å². The molecule has 4 nitrogen and oxygen atoms in total. The van der Waals surface area contributed by atoms with Crippen LogP contribution in [0.1, 0.15) is 18.4 Å². The van der Waals surface area contributed by atoms with Crippen LogP contribution in [0.3, 0.4) is 0 Å². The van der Waals surface area contributed by atoms with Crippen molar-refractivity contribution in [1.29, 1.82) is 0 Å². The monoisotopic (exact) mass is 265 g/mol. The van der Waals surface area contributed by atoms with E-state index < -0.39 is 0 Å². The van der Waals surface area contributed by atoms with E-state index in [1.54, 1.807) is 0 Å². The number of hydrogen-bond acceptors (Lipinski definition) is 2. The molecule has 1 saturated heterocycles. The van der Waals surface area contributed by atoms with Gasteiger partial charge in [0.2, 0.25) is 5.91 Å². The van der Waals surface area contributed by atoms with Crippen molar-refractivity contribution < 1.29 is 4.79 Å². The molecule has 2 N–H and O–H groups in total. The lowest BCUT2D eigenvalue weighted by atomic mass is 10.1. The van der Waals surface area contributed by atoms with Crippen molar-refractivity contribution in [3.63, 3.8) is 0 Å². The Hall–Kier alpha value is -1.55. The molecule has 0 spiro atoms. The van der Waals surface area contributed by atoms with Gasteiger partial charge < -0.3 is 10.6 Å². The Morgan fingerprint density at radius 2 is 2.33 bits per heavy atom. The molecule has 0 radical (unpaired) electrons. The van der Waals surface area contributed by atoms with Crippen LogP contribution in [-0.2, 0) is 4.79 Å². The average molecular weight is 266 g/mol. The van der Waals surface area contributed by atoms with Gasteiger partial charge in [0.1, 0.15) is 5.84 Å². The van der Waals surface area contributed by atoms with Crippen LogP contribution in [0.15, 0.2) is 23.2 Å². The van der Waals surface area contributed by atoms with Crippen molar-refractivity contribution in [2.75, 3.05) is 17.3 Å². The molecule has 1 aliphatic heterocycles. The normalized spacial score (nSPS) is 16.4. The van der Waals surface area contributed by atoms with Crippen molar-refractivity contribution in [1.82, 2.24) is 0 Å². The summed E-state index contributed by atoms with van der Waals surface area (Å²) < 4.78 is 0. The number of carbonyl (C=O) groups excluding carboxylic acids is 1. The lowest BCUT2D eigenvalue weighted by Gasteiger charge is -2.19. The average Bonchev–Trinajstić information content (AvgIpc) is 2.78. The van der Waals surface area contributed by atoms with Crippen molar-refractivity contribution >= 4 is 34.7 Å². The summed E-state index contributed by atoms with van der Waals surface area (Å²) in [5, 5.41) is 0. The van der Waals surface area contributed by atoms with Gasteiger partial charge in [0.15, 0.2) is 0 Å². The summed E-state index contributed by atoms with van der Waals surface area (Å²) in [7, 11) is 0. The van der Waals surface area contributed by atoms with E-state index >= 15 is 0 Å². The minimum atomic E-state index is 0.171. The highest BCUT2D eigenvalue weighted by molar-refractivity contribution is 6.28. The highest BCUT2D eigenvalue weighted by Crippen LogP contribution is 2.31. The molecule has 0 aliphatic carbocycles. The Balaban J connectivity index is 2.38. The van der Waals surface area contributed by atoms with Gasteiger partial charge in [-0.05, 0) is 31.0 Å². The van der Waals surface area contributed by atoms with Gasteiger partial charge in [-0.1, -0.05) is 6.07 Å². The summed E-state index contributed by atoms with van der Waals surface area (Å²) in [4.78, 5) is 17.8. The van der Waals surface area contributed by atoms with Gasteiger partial charge in [0, 0.05) is 18.7 Å². The molecule has 5 heteroatoms. The van der Waals surface area contributed by atoms with E-state index in [0.717, 1.165) is 29.9 Å². The summed E-state index contributed by atoms with van der Waals surface area (Å²) in [6.07, 6.45) is 1.53. The van der Waals surface area contributed by atoms with Gasteiger partial charge in [-0.25, -0.2) is 4.99 Å². The molecule has 2 rings (SSSR count). The summed E-state index contributed by atoms with van der Waals surface area (Å²) in [6, 6.07) is 5.70. The molecule has 0 atom stereocenters. The maximum absolute atomic E-state index is 11.8. The lowest BCUT2D eigenvalue weighted by molar-refractivity contribution is -0.117. The molecule has 96 valence electrons. The van der Waals surface area contributed by atoms with E-state index in [1.165, 1.54) is 0 Å². The van der Waals surface area contributed by atoms with Gasteiger partial charge in [0.25, 0.3) is 0 Å². The quantitative estimate of drug-likeness (QED) is 0.518. The fraction of sp³-hybridized carbons (Fsp3) is 0.385. The molecule has 0 aromatic heterocycles. The van der Waals surface area contributed by atoms with Crippen molar-refractivity contribution in [2.24, 2.45) is 10.7 Å². The third kappa shape index (κ3) is 2.48. The minimum Gasteiger partial charge on any atom is -0.386 e. The van der Waals surface area contributed by atoms with E-state index in [9.17, 15) is 4.79 Å². The van der Waals surface area contributed by atoms with Gasteiger partial charge >= 0.3 is 0 Å². The third-order valence-corrected chi connectivity index (χ3v) is 3.32. The molecule has 1 aromatic carbocycles. The summed E-state index contributed by atoms with van der Waals surface area (Å²) in [5.41, 5.74) is 8.29. The number of amidine groups is 1. The van der Waals surface area contributed by atoms with Crippen molar-refractivity contribution in [3.8, 4) is 0 Å². The second-order valence-corrected chi connectivity index (χ2v) is 4.57. The van der Waals surface area contributed by atoms with Crippen LogP contribution < -0.4 is 10.6 Å². The fourth-order valence-electron chi connectivity index (χ4n) is 2.11. The Kier molecular flexibility index (Phi) is 3.87. The number of anilines is 1. The summed E-state index contributed by atoms with van der Waals surface area (Å²) >= 11 is 5.62. The van der Waals surface area contributed by atoms with E-state index in [4.69, 9.17) is 17.3 Å². The molecule has 18 heavy (non-hydrogen) atoms. The molecule has 0 bridgehead atoms. The van der Waals surface area contributed by atoms with E-state index in [2.05, 4.69) is 4.99 Å². The van der Waals surface area contributed by atoms with Gasteiger partial charge in [-0.15, -0.1) is 11.6 Å². The molecule has 1 aromatic rings. The molecule has 1 aliphatic rings. The molecular weight excluding hydrogens is 250 g/mol. The van der Waals surface area contributed by atoms with Crippen LogP contribution in [0.25, 0.3) is 0 Å². The van der Waals surface area contributed by atoms with Crippen LogP contribution in [0, 0.1) is 6.92 Å². The highest BCUT2D eigenvalue weighted by atomic mass is 35.5.